The van der Waals surface area contributed by atoms with Crippen LogP contribution in [0.15, 0.2) is 39.3 Å². The lowest BCUT2D eigenvalue weighted by molar-refractivity contribution is 0.0718. The molecule has 2 aromatic rings. The zero-order valence-electron chi connectivity index (χ0n) is 31.7. The highest BCUT2D eigenvalue weighted by molar-refractivity contribution is 5.99. The number of nitrogens with two attached hydrogens (primary N) is 1. The number of benzene rings is 1. The second-order valence-corrected chi connectivity index (χ2v) is 13.1. The minimum absolute atomic E-state index is 0.114. The van der Waals surface area contributed by atoms with Crippen LogP contribution in [0, 0.1) is 6.92 Å². The van der Waals surface area contributed by atoms with Gasteiger partial charge in [0, 0.05) is 43.3 Å². The average molecular weight is 697 g/mol. The summed E-state index contributed by atoms with van der Waals surface area (Å²) in [7, 11) is 0. The number of aromatic nitrogens is 1. The number of amides is 2. The maximum Gasteiger partial charge on any atom is 0.281 e. The van der Waals surface area contributed by atoms with Crippen molar-refractivity contribution in [1.29, 1.82) is 0 Å². The van der Waals surface area contributed by atoms with Gasteiger partial charge >= 0.3 is 0 Å². The number of nitrogens with zero attached hydrogens (tertiary/aromatic N) is 4. The van der Waals surface area contributed by atoms with E-state index in [0.29, 0.717) is 30.8 Å². The van der Waals surface area contributed by atoms with Gasteiger partial charge in [0.15, 0.2) is 5.69 Å². The van der Waals surface area contributed by atoms with Crippen molar-refractivity contribution in [2.75, 3.05) is 32.7 Å². The Bertz CT molecular complexity index is 1410. The normalized spacial score (nSPS) is 13.4. The molecule has 280 valence electrons. The van der Waals surface area contributed by atoms with E-state index in [4.69, 9.17) is 5.73 Å². The number of hydrogen-bond donors (Lipinski definition) is 5. The van der Waals surface area contributed by atoms with Gasteiger partial charge < -0.3 is 31.7 Å². The standard InChI is InChI=1S/C38H64N8O4/c1-8-14-21-40-28(11-4)24-45(25-29(12-5)41-22-15-9-2)36(48)31-19-17-18-20-32(31)43-44-34-27(7)33(35(39)47)37(49)46(38(34)50)26-30(13-6)42-23-16-10-3/h17-20,28-30,40-42,49H,8-16,21-26H2,1-7H3,(H2,39,47). The smallest absolute Gasteiger partial charge is 0.281 e. The van der Waals surface area contributed by atoms with Crippen LogP contribution >= 0.6 is 0 Å². The van der Waals surface area contributed by atoms with Gasteiger partial charge in [0.2, 0.25) is 5.88 Å². The predicted molar refractivity (Wildman–Crippen MR) is 203 cm³/mol. The Labute approximate surface area is 299 Å². The third kappa shape index (κ3) is 12.6. The number of carbonyl (C=O) groups excluding carboxylic acids is 2. The van der Waals surface area contributed by atoms with Gasteiger partial charge in [0.1, 0.15) is 5.56 Å². The number of pyridine rings is 1. The van der Waals surface area contributed by atoms with E-state index in [-0.39, 0.29) is 47.4 Å². The van der Waals surface area contributed by atoms with Crippen molar-refractivity contribution >= 4 is 23.2 Å². The largest absolute Gasteiger partial charge is 0.494 e. The summed E-state index contributed by atoms with van der Waals surface area (Å²) in [6.07, 6.45) is 8.72. The molecule has 0 aliphatic heterocycles. The van der Waals surface area contributed by atoms with Crippen molar-refractivity contribution in [3.8, 4) is 5.88 Å². The quantitative estimate of drug-likeness (QED) is 0.0598. The third-order valence-electron chi connectivity index (χ3n) is 9.24. The van der Waals surface area contributed by atoms with E-state index in [1.165, 1.54) is 6.92 Å². The van der Waals surface area contributed by atoms with Crippen molar-refractivity contribution in [3.63, 3.8) is 0 Å². The number of hydrogen-bond acceptors (Lipinski definition) is 9. The summed E-state index contributed by atoms with van der Waals surface area (Å²) in [4.78, 5) is 42.6. The lowest BCUT2D eigenvalue weighted by Gasteiger charge is -2.32. The van der Waals surface area contributed by atoms with Crippen LogP contribution in [0.1, 0.15) is 126 Å². The fourth-order valence-corrected chi connectivity index (χ4v) is 5.86. The second kappa shape index (κ2) is 23.0. The van der Waals surface area contributed by atoms with Crippen LogP contribution in [0.4, 0.5) is 11.4 Å². The van der Waals surface area contributed by atoms with Gasteiger partial charge in [-0.1, -0.05) is 72.9 Å². The number of aromatic hydroxyl groups is 1. The number of azo groups is 1. The van der Waals surface area contributed by atoms with Crippen LogP contribution in [0.25, 0.3) is 0 Å². The van der Waals surface area contributed by atoms with Crippen LogP contribution in [-0.2, 0) is 6.54 Å². The fourth-order valence-electron chi connectivity index (χ4n) is 5.86. The minimum Gasteiger partial charge on any atom is -0.494 e. The first-order valence-electron chi connectivity index (χ1n) is 18.8. The van der Waals surface area contributed by atoms with Crippen LogP contribution in [0.5, 0.6) is 5.88 Å². The summed E-state index contributed by atoms with van der Waals surface area (Å²) in [6.45, 7) is 17.9. The summed E-state index contributed by atoms with van der Waals surface area (Å²) in [5, 5.41) is 30.5. The van der Waals surface area contributed by atoms with E-state index < -0.39 is 17.3 Å². The molecule has 12 heteroatoms. The molecule has 0 radical (unpaired) electrons. The maximum absolute atomic E-state index is 14.4. The highest BCUT2D eigenvalue weighted by Crippen LogP contribution is 2.29. The molecule has 1 heterocycles. The molecule has 12 nitrogen and oxygen atoms in total. The van der Waals surface area contributed by atoms with Crippen molar-refractivity contribution in [2.24, 2.45) is 16.0 Å². The molecule has 1 aromatic heterocycles. The van der Waals surface area contributed by atoms with Gasteiger partial charge in [-0.05, 0) is 77.2 Å². The minimum atomic E-state index is -0.876. The van der Waals surface area contributed by atoms with Gasteiger partial charge in [0.05, 0.1) is 11.3 Å². The molecule has 0 aliphatic rings. The van der Waals surface area contributed by atoms with E-state index in [1.807, 2.05) is 11.8 Å². The van der Waals surface area contributed by atoms with Crippen molar-refractivity contribution < 1.29 is 14.7 Å². The molecule has 3 unspecified atom stereocenters. The number of rotatable bonds is 25. The Morgan fingerprint density at radius 2 is 1.32 bits per heavy atom. The fraction of sp³-hybridized carbons (Fsp3) is 0.658. The molecule has 2 amide bonds. The Morgan fingerprint density at radius 3 is 1.80 bits per heavy atom. The molecule has 1 aromatic carbocycles. The summed E-state index contributed by atoms with van der Waals surface area (Å²) in [5.74, 6) is -1.54. The van der Waals surface area contributed by atoms with Gasteiger partial charge in [-0.15, -0.1) is 10.2 Å². The molecule has 0 spiro atoms. The molecule has 2 rings (SSSR count). The molecule has 50 heavy (non-hydrogen) atoms. The highest BCUT2D eigenvalue weighted by atomic mass is 16.3. The Balaban J connectivity index is 2.57. The lowest BCUT2D eigenvalue weighted by Crippen LogP contribution is -2.49. The first kappa shape index (κ1) is 42.6. The summed E-state index contributed by atoms with van der Waals surface area (Å²) in [5.41, 5.74) is 5.59. The molecule has 0 saturated heterocycles. The number of nitrogens with one attached hydrogen (secondary N) is 3. The molecule has 0 aliphatic carbocycles. The molecule has 3 atom stereocenters. The van der Waals surface area contributed by atoms with Gasteiger partial charge in [-0.25, -0.2) is 0 Å². The molecule has 6 N–H and O–H groups in total. The van der Waals surface area contributed by atoms with E-state index >= 15 is 0 Å². The molecular formula is C38H64N8O4. The first-order chi connectivity index (χ1) is 24.1. The van der Waals surface area contributed by atoms with Crippen LogP contribution in [-0.4, -0.2) is 77.2 Å². The second-order valence-electron chi connectivity index (χ2n) is 13.1. The van der Waals surface area contributed by atoms with Crippen molar-refractivity contribution in [2.45, 2.75) is 131 Å². The van der Waals surface area contributed by atoms with E-state index in [9.17, 15) is 19.5 Å². The van der Waals surface area contributed by atoms with Gasteiger partial charge in [-0.2, -0.15) is 0 Å². The Morgan fingerprint density at radius 1 is 0.820 bits per heavy atom. The lowest BCUT2D eigenvalue weighted by atomic mass is 10.1. The molecular weight excluding hydrogens is 632 g/mol. The average Bonchev–Trinajstić information content (AvgIpc) is 3.10. The zero-order chi connectivity index (χ0) is 37.1. The maximum atomic E-state index is 14.4. The van der Waals surface area contributed by atoms with E-state index in [1.54, 1.807) is 24.3 Å². The summed E-state index contributed by atoms with van der Waals surface area (Å²) < 4.78 is 1.14. The molecule has 0 saturated carbocycles. The van der Waals surface area contributed by atoms with Gasteiger partial charge in [0.25, 0.3) is 17.4 Å². The van der Waals surface area contributed by atoms with Gasteiger partial charge in [-0.3, -0.25) is 19.0 Å². The van der Waals surface area contributed by atoms with E-state index in [0.717, 1.165) is 75.6 Å². The number of primary amides is 1. The van der Waals surface area contributed by atoms with Crippen LogP contribution in [0.3, 0.4) is 0 Å². The van der Waals surface area contributed by atoms with Crippen molar-refractivity contribution in [1.82, 2.24) is 25.4 Å². The van der Waals surface area contributed by atoms with Crippen LogP contribution < -0.4 is 27.2 Å². The first-order valence-corrected chi connectivity index (χ1v) is 18.8. The zero-order valence-corrected chi connectivity index (χ0v) is 31.7. The highest BCUT2D eigenvalue weighted by Gasteiger charge is 2.26. The van der Waals surface area contributed by atoms with E-state index in [2.05, 4.69) is 60.8 Å². The SMILES string of the molecule is CCCCNC(CC)CN(CC(CC)NCCCC)C(=O)c1ccccc1N=Nc1c(C)c(C(N)=O)c(O)n(CC(CC)NCCCC)c1=O. The number of carbonyl (C=O) groups is 2. The summed E-state index contributed by atoms with van der Waals surface area (Å²) >= 11 is 0. The number of unbranched alkanes of at least 4 members (excludes halogenated alkanes) is 3. The van der Waals surface area contributed by atoms with Crippen LogP contribution in [0.2, 0.25) is 0 Å². The monoisotopic (exact) mass is 697 g/mol. The summed E-state index contributed by atoms with van der Waals surface area (Å²) in [6, 6.07) is 7.10. The van der Waals surface area contributed by atoms with Crippen molar-refractivity contribution in [3.05, 3.63) is 51.3 Å². The molecule has 0 bridgehead atoms. The topological polar surface area (TPSA) is 166 Å². The molecule has 0 fully saturated rings. The Hall–Kier alpha value is -3.61. The Kier molecular flexibility index (Phi) is 19.6. The third-order valence-corrected chi connectivity index (χ3v) is 9.24. The predicted octanol–water partition coefficient (Wildman–Crippen LogP) is 6.32.